The molecule has 0 aliphatic rings. The first kappa shape index (κ1) is 11.0. The lowest BCUT2D eigenvalue weighted by Crippen LogP contribution is -1.91. The van der Waals surface area contributed by atoms with Crippen LogP contribution in [-0.2, 0) is 0 Å². The van der Waals surface area contributed by atoms with E-state index in [1.54, 1.807) is 18.2 Å². The van der Waals surface area contributed by atoms with Crippen LogP contribution in [0.15, 0.2) is 45.0 Å². The quantitative estimate of drug-likeness (QED) is 0.913. The van der Waals surface area contributed by atoms with Crippen molar-refractivity contribution in [3.05, 3.63) is 41.2 Å². The summed E-state index contributed by atoms with van der Waals surface area (Å²) in [6, 6.07) is 6.43. The van der Waals surface area contributed by atoms with Gasteiger partial charge >= 0.3 is 5.97 Å². The molecule has 16 heavy (non-hydrogen) atoms. The number of carboxylic acid groups (broad SMARTS) is 1. The fourth-order valence-electron chi connectivity index (χ4n) is 1.02. The van der Waals surface area contributed by atoms with Crippen molar-refractivity contribution in [3.8, 4) is 0 Å². The predicted molar refractivity (Wildman–Crippen MR) is 59.0 cm³/mol. The number of carboxylic acids is 1. The summed E-state index contributed by atoms with van der Waals surface area (Å²) in [4.78, 5) is 14.6. The van der Waals surface area contributed by atoms with Crippen molar-refractivity contribution in [2.24, 2.45) is 0 Å². The van der Waals surface area contributed by atoms with E-state index in [1.165, 1.54) is 24.0 Å². The molecule has 2 aromatic heterocycles. The first-order valence-electron chi connectivity index (χ1n) is 4.28. The van der Waals surface area contributed by atoms with Gasteiger partial charge in [0.25, 0.3) is 0 Å². The smallest absolute Gasteiger partial charge is 0.371 e. The second kappa shape index (κ2) is 4.59. The lowest BCUT2D eigenvalue weighted by atomic mass is 10.5. The van der Waals surface area contributed by atoms with Gasteiger partial charge < -0.3 is 9.52 Å². The number of rotatable bonds is 3. The monoisotopic (exact) mass is 255 g/mol. The van der Waals surface area contributed by atoms with Crippen molar-refractivity contribution in [3.63, 3.8) is 0 Å². The van der Waals surface area contributed by atoms with Gasteiger partial charge in [-0.25, -0.2) is 9.78 Å². The highest BCUT2D eigenvalue weighted by atomic mass is 35.5. The SMILES string of the molecule is O=C(O)c1ccc(Sc2ccc(Cl)cn2)o1. The molecule has 0 saturated heterocycles. The highest BCUT2D eigenvalue weighted by Crippen LogP contribution is 2.28. The minimum Gasteiger partial charge on any atom is -0.475 e. The van der Waals surface area contributed by atoms with E-state index in [0.717, 1.165) is 0 Å². The third-order valence-corrected chi connectivity index (χ3v) is 2.79. The van der Waals surface area contributed by atoms with E-state index in [0.29, 0.717) is 15.1 Å². The number of aromatic nitrogens is 1. The normalized spacial score (nSPS) is 10.3. The molecular weight excluding hydrogens is 250 g/mol. The number of halogens is 1. The molecule has 2 rings (SSSR count). The van der Waals surface area contributed by atoms with Crippen LogP contribution in [0.25, 0.3) is 0 Å². The molecule has 0 radical (unpaired) electrons. The minimum absolute atomic E-state index is 0.0866. The molecule has 0 aliphatic heterocycles. The van der Waals surface area contributed by atoms with Gasteiger partial charge in [0.15, 0.2) is 5.09 Å². The zero-order valence-electron chi connectivity index (χ0n) is 7.88. The Kier molecular flexibility index (Phi) is 3.17. The molecule has 1 N–H and O–H groups in total. The Morgan fingerprint density at radius 3 is 2.75 bits per heavy atom. The summed E-state index contributed by atoms with van der Waals surface area (Å²) in [5, 5.41) is 10.4. The Morgan fingerprint density at radius 2 is 2.19 bits per heavy atom. The first-order chi connectivity index (χ1) is 7.65. The number of hydrogen-bond donors (Lipinski definition) is 1. The second-order valence-corrected chi connectivity index (χ2v) is 4.30. The molecule has 0 unspecified atom stereocenters. The molecule has 82 valence electrons. The van der Waals surface area contributed by atoms with E-state index >= 15 is 0 Å². The van der Waals surface area contributed by atoms with Crippen LogP contribution in [0.4, 0.5) is 0 Å². The summed E-state index contributed by atoms with van der Waals surface area (Å²) in [5.74, 6) is -1.17. The summed E-state index contributed by atoms with van der Waals surface area (Å²) in [7, 11) is 0. The first-order valence-corrected chi connectivity index (χ1v) is 5.47. The van der Waals surface area contributed by atoms with Crippen LogP contribution in [0.5, 0.6) is 0 Å². The van der Waals surface area contributed by atoms with Crippen LogP contribution in [0.1, 0.15) is 10.6 Å². The van der Waals surface area contributed by atoms with Crippen LogP contribution >= 0.6 is 23.4 Å². The molecule has 2 aromatic rings. The van der Waals surface area contributed by atoms with E-state index in [4.69, 9.17) is 21.1 Å². The van der Waals surface area contributed by atoms with E-state index in [9.17, 15) is 4.79 Å². The van der Waals surface area contributed by atoms with Crippen LogP contribution in [-0.4, -0.2) is 16.1 Å². The fourth-order valence-corrected chi connectivity index (χ4v) is 1.84. The van der Waals surface area contributed by atoms with Crippen molar-refractivity contribution in [1.82, 2.24) is 4.98 Å². The summed E-state index contributed by atoms with van der Waals surface area (Å²) in [6.07, 6.45) is 1.52. The molecular formula is C10H6ClNO3S. The average molecular weight is 256 g/mol. The number of carbonyl (C=O) groups is 1. The zero-order chi connectivity index (χ0) is 11.5. The van der Waals surface area contributed by atoms with E-state index in [2.05, 4.69) is 4.98 Å². The second-order valence-electron chi connectivity index (χ2n) is 2.84. The number of pyridine rings is 1. The van der Waals surface area contributed by atoms with Crippen molar-refractivity contribution in [1.29, 1.82) is 0 Å². The highest BCUT2D eigenvalue weighted by molar-refractivity contribution is 7.99. The topological polar surface area (TPSA) is 63.3 Å². The molecule has 0 aromatic carbocycles. The lowest BCUT2D eigenvalue weighted by molar-refractivity contribution is 0.0656. The maximum Gasteiger partial charge on any atom is 0.371 e. The molecule has 0 saturated carbocycles. The molecule has 0 aliphatic carbocycles. The molecule has 6 heteroatoms. The van der Waals surface area contributed by atoms with Crippen molar-refractivity contribution >= 4 is 29.3 Å². The average Bonchev–Trinajstić information content (AvgIpc) is 2.70. The number of nitrogens with zero attached hydrogens (tertiary/aromatic N) is 1. The van der Waals surface area contributed by atoms with Gasteiger partial charge in [-0.05, 0) is 36.0 Å². The Balaban J connectivity index is 2.14. The third-order valence-electron chi connectivity index (χ3n) is 1.70. The van der Waals surface area contributed by atoms with Crippen LogP contribution in [0, 0.1) is 0 Å². The van der Waals surface area contributed by atoms with Gasteiger partial charge in [0.1, 0.15) is 5.03 Å². The van der Waals surface area contributed by atoms with Crippen LogP contribution in [0.3, 0.4) is 0 Å². The summed E-state index contributed by atoms with van der Waals surface area (Å²) in [6.45, 7) is 0. The van der Waals surface area contributed by atoms with Crippen molar-refractivity contribution in [2.75, 3.05) is 0 Å². The summed E-state index contributed by atoms with van der Waals surface area (Å²) in [5.41, 5.74) is 0. The Bertz CT molecular complexity index is 509. The Hall–Kier alpha value is -1.46. The minimum atomic E-state index is -1.09. The summed E-state index contributed by atoms with van der Waals surface area (Å²) < 4.78 is 5.07. The standard InChI is InChI=1S/C10H6ClNO3S/c11-6-1-3-8(12-5-6)16-9-4-2-7(15-9)10(13)14/h1-5H,(H,13,14). The number of furan rings is 1. The molecule has 2 heterocycles. The number of hydrogen-bond acceptors (Lipinski definition) is 4. The lowest BCUT2D eigenvalue weighted by Gasteiger charge is -1.96. The highest BCUT2D eigenvalue weighted by Gasteiger charge is 2.10. The molecule has 0 amide bonds. The molecule has 0 spiro atoms. The van der Waals surface area contributed by atoms with E-state index in [1.807, 2.05) is 0 Å². The van der Waals surface area contributed by atoms with Crippen molar-refractivity contribution in [2.45, 2.75) is 10.1 Å². The predicted octanol–water partition coefficient (Wildman–Crippen LogP) is 3.18. The third kappa shape index (κ3) is 2.56. The maximum absolute atomic E-state index is 10.6. The fraction of sp³-hybridized carbons (Fsp3) is 0. The van der Waals surface area contributed by atoms with E-state index in [-0.39, 0.29) is 5.76 Å². The molecule has 4 nitrogen and oxygen atoms in total. The van der Waals surface area contributed by atoms with Gasteiger partial charge in [-0.15, -0.1) is 0 Å². The Labute approximate surface area is 100 Å². The van der Waals surface area contributed by atoms with Crippen LogP contribution in [0.2, 0.25) is 5.02 Å². The zero-order valence-corrected chi connectivity index (χ0v) is 9.46. The van der Waals surface area contributed by atoms with Gasteiger partial charge in [-0.3, -0.25) is 0 Å². The van der Waals surface area contributed by atoms with E-state index < -0.39 is 5.97 Å². The van der Waals surface area contributed by atoms with Gasteiger partial charge in [0.2, 0.25) is 5.76 Å². The van der Waals surface area contributed by atoms with Crippen molar-refractivity contribution < 1.29 is 14.3 Å². The molecule has 0 fully saturated rings. The van der Waals surface area contributed by atoms with Crippen LogP contribution < -0.4 is 0 Å². The molecule has 0 atom stereocenters. The maximum atomic E-state index is 10.6. The van der Waals surface area contributed by atoms with Gasteiger partial charge in [0.05, 0.1) is 5.02 Å². The number of aromatic carboxylic acids is 1. The van der Waals surface area contributed by atoms with Gasteiger partial charge in [-0.2, -0.15) is 0 Å². The molecule has 0 bridgehead atoms. The van der Waals surface area contributed by atoms with Gasteiger partial charge in [-0.1, -0.05) is 11.6 Å². The Morgan fingerprint density at radius 1 is 1.38 bits per heavy atom. The largest absolute Gasteiger partial charge is 0.475 e. The summed E-state index contributed by atoms with van der Waals surface area (Å²) >= 11 is 6.92. The van der Waals surface area contributed by atoms with Gasteiger partial charge in [0, 0.05) is 6.20 Å².